The molecule has 24 heavy (non-hydrogen) atoms. The Bertz CT molecular complexity index is 284. The van der Waals surface area contributed by atoms with E-state index in [0.29, 0.717) is 15.4 Å². The zero-order valence-electron chi connectivity index (χ0n) is 15.8. The first kappa shape index (κ1) is 36.5. The number of hydrogen-bond donors (Lipinski definition) is 1. The van der Waals surface area contributed by atoms with Crippen LogP contribution in [0.2, 0.25) is 0 Å². The third-order valence-corrected chi connectivity index (χ3v) is 1.41. The third kappa shape index (κ3) is 38.9. The molecule has 10 heteroatoms. The molecule has 0 amide bonds. The molecule has 0 fully saturated rings. The van der Waals surface area contributed by atoms with Crippen molar-refractivity contribution in [2.75, 3.05) is 38.5 Å². The van der Waals surface area contributed by atoms with Crippen LogP contribution in [0, 0.1) is 7.43 Å². The Balaban J connectivity index is -0.0000000687. The Hall–Kier alpha value is 1.53. The van der Waals surface area contributed by atoms with Crippen molar-refractivity contribution < 1.29 is 18.9 Å². The van der Waals surface area contributed by atoms with Gasteiger partial charge in [-0.05, 0) is 24.6 Å². The van der Waals surface area contributed by atoms with E-state index in [1.165, 1.54) is 4.43 Å². The zero-order chi connectivity index (χ0) is 19.1. The van der Waals surface area contributed by atoms with Crippen LogP contribution in [0.1, 0.15) is 20.8 Å². The summed E-state index contributed by atoms with van der Waals surface area (Å²) in [6, 6.07) is 1.72. The molecule has 0 aromatic carbocycles. The van der Waals surface area contributed by atoms with E-state index in [4.69, 9.17) is 15.2 Å². The van der Waals surface area contributed by atoms with Crippen LogP contribution in [0.25, 0.3) is 0 Å². The van der Waals surface area contributed by atoms with Gasteiger partial charge in [0.15, 0.2) is 0 Å². The average molecular weight is 720 g/mol. The van der Waals surface area contributed by atoms with Gasteiger partial charge in [-0.3, -0.25) is 4.90 Å². The molecule has 0 aliphatic rings. The molecule has 0 bridgehead atoms. The minimum absolute atomic E-state index is 0. The number of alkyl halides is 1. The molecule has 1 aromatic heterocycles. The SMILES string of the molecule is CC.CCI.COC(OC)N(C)C.Nc1ncccn1.[CH3-].[I][V][I]. The number of nitrogens with zero attached hydrogens (tertiary/aromatic N) is 3. The summed E-state index contributed by atoms with van der Waals surface area (Å²) >= 11 is 7.03. The Labute approximate surface area is 191 Å². The molecule has 147 valence electrons. The maximum absolute atomic E-state index is 5.14. The summed E-state index contributed by atoms with van der Waals surface area (Å²) in [4.78, 5) is 9.12. The predicted molar refractivity (Wildman–Crippen MR) is 128 cm³/mol. The van der Waals surface area contributed by atoms with Gasteiger partial charge in [-0.2, -0.15) is 0 Å². The average Bonchev–Trinajstić information content (AvgIpc) is 2.53. The zero-order valence-corrected chi connectivity index (χ0v) is 23.7. The van der Waals surface area contributed by atoms with Gasteiger partial charge in [0.1, 0.15) is 0 Å². The Morgan fingerprint density at radius 2 is 1.46 bits per heavy atom. The number of nitrogens with two attached hydrogens (primary N) is 1. The molecule has 0 saturated heterocycles. The van der Waals surface area contributed by atoms with Crippen molar-refractivity contribution in [1.29, 1.82) is 0 Å². The minimum atomic E-state index is -0.213. The normalized spacial score (nSPS) is 7.83. The number of aromatic nitrogens is 2. The monoisotopic (exact) mass is 720 g/mol. The molecule has 1 aromatic rings. The molecule has 0 radical (unpaired) electrons. The molecule has 0 aliphatic heterocycles. The van der Waals surface area contributed by atoms with Gasteiger partial charge in [-0.25, -0.2) is 9.97 Å². The van der Waals surface area contributed by atoms with Crippen LogP contribution in [-0.2, 0) is 18.9 Å². The molecule has 0 saturated carbocycles. The Morgan fingerprint density at radius 3 is 1.54 bits per heavy atom. The maximum atomic E-state index is 5.14. The van der Waals surface area contributed by atoms with Gasteiger partial charge >= 0.3 is 49.4 Å². The molecular formula is C14H32I3N4O2V-. The molecule has 6 nitrogen and oxygen atoms in total. The van der Waals surface area contributed by atoms with Gasteiger partial charge in [0, 0.05) is 26.6 Å². The molecule has 1 heterocycles. The second-order valence-corrected chi connectivity index (χ2v) is 16.5. The Morgan fingerprint density at radius 1 is 1.17 bits per heavy atom. The van der Waals surface area contributed by atoms with Crippen molar-refractivity contribution in [2.24, 2.45) is 0 Å². The molecule has 2 N–H and O–H groups in total. The van der Waals surface area contributed by atoms with Crippen LogP contribution in [0.5, 0.6) is 0 Å². The van der Waals surface area contributed by atoms with Crippen molar-refractivity contribution in [1.82, 2.24) is 14.9 Å². The van der Waals surface area contributed by atoms with Crippen LogP contribution in [0.15, 0.2) is 18.5 Å². The van der Waals surface area contributed by atoms with E-state index in [1.54, 1.807) is 32.7 Å². The topological polar surface area (TPSA) is 73.5 Å². The fourth-order valence-electron chi connectivity index (χ4n) is 0.828. The number of rotatable bonds is 3. The van der Waals surface area contributed by atoms with E-state index < -0.39 is 0 Å². The van der Waals surface area contributed by atoms with Crippen LogP contribution in [-0.4, -0.2) is 54.0 Å². The van der Waals surface area contributed by atoms with E-state index in [2.05, 4.69) is 79.4 Å². The van der Waals surface area contributed by atoms with E-state index in [0.717, 1.165) is 0 Å². The van der Waals surface area contributed by atoms with Crippen LogP contribution >= 0.6 is 62.5 Å². The van der Waals surface area contributed by atoms with E-state index in [9.17, 15) is 0 Å². The summed E-state index contributed by atoms with van der Waals surface area (Å²) in [6.45, 7) is 6.11. The first-order valence-corrected chi connectivity index (χ1v) is 17.2. The first-order valence-electron chi connectivity index (χ1n) is 6.67. The Kier molecular flexibility index (Phi) is 54.1. The van der Waals surface area contributed by atoms with Crippen molar-refractivity contribution in [2.45, 2.75) is 27.2 Å². The predicted octanol–water partition coefficient (Wildman–Crippen LogP) is 4.87. The molecule has 0 aliphatic carbocycles. The number of hydrogen-bond acceptors (Lipinski definition) is 6. The molecule has 0 spiro atoms. The number of methoxy groups -OCH3 is 2. The summed E-state index contributed by atoms with van der Waals surface area (Å²) in [5, 5.41) is 0. The summed E-state index contributed by atoms with van der Waals surface area (Å²) in [5.74, 6) is 0.322. The summed E-state index contributed by atoms with van der Waals surface area (Å²) < 4.78 is 10.9. The summed E-state index contributed by atoms with van der Waals surface area (Å²) in [6.07, 6.45) is 2.99. The number of nitrogen functional groups attached to an aromatic ring is 1. The number of ether oxygens (including phenoxy) is 2. The fraction of sp³-hybridized carbons (Fsp3) is 0.643. The molecule has 0 unspecified atom stereocenters. The second kappa shape index (κ2) is 35.6. The van der Waals surface area contributed by atoms with Crippen molar-refractivity contribution in [3.63, 3.8) is 0 Å². The first-order chi connectivity index (χ1) is 10.9. The quantitative estimate of drug-likeness (QED) is 0.208. The van der Waals surface area contributed by atoms with Gasteiger partial charge in [0.05, 0.1) is 0 Å². The van der Waals surface area contributed by atoms with Crippen molar-refractivity contribution >= 4 is 68.5 Å². The van der Waals surface area contributed by atoms with Gasteiger partial charge in [-0.15, -0.1) is 0 Å². The number of anilines is 1. The van der Waals surface area contributed by atoms with E-state index in [-0.39, 0.29) is 13.8 Å². The van der Waals surface area contributed by atoms with Gasteiger partial charge in [0.25, 0.3) is 0 Å². The van der Waals surface area contributed by atoms with Crippen LogP contribution < -0.4 is 5.73 Å². The van der Waals surface area contributed by atoms with E-state index >= 15 is 0 Å². The molecule has 0 atom stereocenters. The van der Waals surface area contributed by atoms with Gasteiger partial charge in [0.2, 0.25) is 12.4 Å². The second-order valence-electron chi connectivity index (χ2n) is 3.18. The van der Waals surface area contributed by atoms with E-state index in [1.807, 2.05) is 32.8 Å². The standard InChI is InChI=1S/C5H13NO2.C4H5N3.C2H5I.C2H6.CH3.2HI.V/c1-6(2)5(7-3)8-4;5-4-6-2-1-3-7-4;1-2-3;1-2;;;;/h5H,1-4H3;1-3H,(H2,5,6,7);2H2,1H3;1-2H3;1H3;2*1H;/q;;;;-1;;;+2/p-2. The third-order valence-electron chi connectivity index (χ3n) is 1.41. The molecule has 1 rings (SSSR count). The van der Waals surface area contributed by atoms with Crippen molar-refractivity contribution in [3.05, 3.63) is 25.9 Å². The summed E-state index contributed by atoms with van der Waals surface area (Å²) in [7, 11) is 7.61. The van der Waals surface area contributed by atoms with Crippen LogP contribution in [0.4, 0.5) is 5.95 Å². The molecular weight excluding hydrogens is 688 g/mol. The van der Waals surface area contributed by atoms with Gasteiger partial charge < -0.3 is 22.6 Å². The number of halogens is 3. The fourth-order valence-corrected chi connectivity index (χ4v) is 0.828. The van der Waals surface area contributed by atoms with Gasteiger partial charge in [-0.1, -0.05) is 43.4 Å². The van der Waals surface area contributed by atoms with Crippen molar-refractivity contribution in [3.8, 4) is 0 Å². The van der Waals surface area contributed by atoms with Crippen LogP contribution in [0.3, 0.4) is 0 Å². The summed E-state index contributed by atoms with van der Waals surface area (Å²) in [5.41, 5.74) is 5.14.